The average molecular weight is 151 g/mol. The van der Waals surface area contributed by atoms with Crippen molar-refractivity contribution in [2.24, 2.45) is 0 Å². The van der Waals surface area contributed by atoms with Crippen LogP contribution in [0.15, 0.2) is 37.0 Å². The van der Waals surface area contributed by atoms with E-state index in [-0.39, 0.29) is 0 Å². The van der Waals surface area contributed by atoms with Crippen molar-refractivity contribution in [3.63, 3.8) is 0 Å². The number of nitrogens with one attached hydrogen (secondary N) is 1. The van der Waals surface area contributed by atoms with E-state index in [0.717, 1.165) is 6.54 Å². The molecule has 0 saturated carbocycles. The Morgan fingerprint density at radius 1 is 1.36 bits per heavy atom. The Hall–Kier alpha value is -0.820. The first kappa shape index (κ1) is 10.2. The normalized spacial score (nSPS) is 14.4. The monoisotopic (exact) mass is 151 g/mol. The van der Waals surface area contributed by atoms with Gasteiger partial charge < -0.3 is 5.32 Å². The second kappa shape index (κ2) is 7.29. The van der Waals surface area contributed by atoms with Gasteiger partial charge >= 0.3 is 0 Å². The second-order valence-corrected chi connectivity index (χ2v) is 2.35. The summed E-state index contributed by atoms with van der Waals surface area (Å²) in [5, 5.41) is 3.28. The molecule has 1 N–H and O–H groups in total. The summed E-state index contributed by atoms with van der Waals surface area (Å²) in [6.45, 7) is 8.82. The van der Waals surface area contributed by atoms with Crippen molar-refractivity contribution in [2.75, 3.05) is 6.54 Å². The summed E-state index contributed by atoms with van der Waals surface area (Å²) < 4.78 is 0. The molecule has 0 aliphatic carbocycles. The molecule has 0 heterocycles. The zero-order chi connectivity index (χ0) is 8.53. The zero-order valence-corrected chi connectivity index (χ0v) is 7.38. The average Bonchev–Trinajstić information content (AvgIpc) is 1.99. The van der Waals surface area contributed by atoms with Gasteiger partial charge in [-0.25, -0.2) is 0 Å². The van der Waals surface area contributed by atoms with Crippen LogP contribution in [-0.2, 0) is 0 Å². The summed E-state index contributed by atoms with van der Waals surface area (Å²) in [7, 11) is 0. The van der Waals surface area contributed by atoms with Gasteiger partial charge in [-0.15, -0.1) is 0 Å². The van der Waals surface area contributed by atoms with Crippen LogP contribution in [-0.4, -0.2) is 12.6 Å². The number of allylic oxidation sites excluding steroid dienone is 4. The van der Waals surface area contributed by atoms with Crippen molar-refractivity contribution in [3.8, 4) is 0 Å². The molecular formula is C10H17N. The summed E-state index contributed by atoms with van der Waals surface area (Å²) in [4.78, 5) is 0. The molecule has 1 unspecified atom stereocenters. The molecule has 0 radical (unpaired) electrons. The van der Waals surface area contributed by atoms with Crippen molar-refractivity contribution < 1.29 is 0 Å². The SMILES string of the molecule is C=C/C=C\C=CC(C)NCC. The predicted molar refractivity (Wildman–Crippen MR) is 51.6 cm³/mol. The lowest BCUT2D eigenvalue weighted by molar-refractivity contribution is 0.661. The lowest BCUT2D eigenvalue weighted by Gasteiger charge is -2.04. The van der Waals surface area contributed by atoms with Crippen LogP contribution in [0.25, 0.3) is 0 Å². The topological polar surface area (TPSA) is 12.0 Å². The van der Waals surface area contributed by atoms with Crippen LogP contribution in [0.4, 0.5) is 0 Å². The van der Waals surface area contributed by atoms with Gasteiger partial charge in [-0.05, 0) is 13.5 Å². The maximum atomic E-state index is 3.58. The second-order valence-electron chi connectivity index (χ2n) is 2.35. The lowest BCUT2D eigenvalue weighted by atomic mass is 10.3. The molecule has 0 aromatic carbocycles. The van der Waals surface area contributed by atoms with E-state index < -0.39 is 0 Å². The molecule has 0 spiro atoms. The number of rotatable bonds is 5. The van der Waals surface area contributed by atoms with Crippen molar-refractivity contribution in [2.45, 2.75) is 19.9 Å². The molecule has 0 bridgehead atoms. The molecular weight excluding hydrogens is 134 g/mol. The minimum atomic E-state index is 0.453. The number of likely N-dealkylation sites (N-methyl/N-ethyl adjacent to an activating group) is 1. The van der Waals surface area contributed by atoms with Gasteiger partial charge in [0.1, 0.15) is 0 Å². The van der Waals surface area contributed by atoms with E-state index in [9.17, 15) is 0 Å². The molecule has 0 saturated heterocycles. The van der Waals surface area contributed by atoms with Crippen LogP contribution in [0.5, 0.6) is 0 Å². The quantitative estimate of drug-likeness (QED) is 0.594. The first-order chi connectivity index (χ1) is 5.31. The van der Waals surface area contributed by atoms with Crippen LogP contribution in [0.3, 0.4) is 0 Å². The van der Waals surface area contributed by atoms with Crippen molar-refractivity contribution in [1.82, 2.24) is 5.32 Å². The molecule has 1 nitrogen and oxygen atoms in total. The smallest absolute Gasteiger partial charge is 0.0224 e. The molecule has 0 aromatic rings. The van der Waals surface area contributed by atoms with Crippen molar-refractivity contribution in [1.29, 1.82) is 0 Å². The Bertz CT molecular complexity index is 145. The van der Waals surface area contributed by atoms with Gasteiger partial charge in [0, 0.05) is 6.04 Å². The molecule has 1 atom stereocenters. The van der Waals surface area contributed by atoms with Crippen LogP contribution in [0.1, 0.15) is 13.8 Å². The van der Waals surface area contributed by atoms with Gasteiger partial charge in [0.25, 0.3) is 0 Å². The van der Waals surface area contributed by atoms with Gasteiger partial charge in [-0.1, -0.05) is 43.9 Å². The van der Waals surface area contributed by atoms with Crippen LogP contribution in [0, 0.1) is 0 Å². The highest BCUT2D eigenvalue weighted by atomic mass is 14.9. The van der Waals surface area contributed by atoms with E-state index in [0.29, 0.717) is 6.04 Å². The minimum absolute atomic E-state index is 0.453. The van der Waals surface area contributed by atoms with Crippen LogP contribution < -0.4 is 5.32 Å². The van der Waals surface area contributed by atoms with Gasteiger partial charge in [-0.3, -0.25) is 0 Å². The van der Waals surface area contributed by atoms with Crippen LogP contribution >= 0.6 is 0 Å². The highest BCUT2D eigenvalue weighted by Gasteiger charge is 1.88. The summed E-state index contributed by atoms with van der Waals surface area (Å²) in [6.07, 6.45) is 9.79. The fourth-order valence-corrected chi connectivity index (χ4v) is 0.764. The first-order valence-corrected chi connectivity index (χ1v) is 4.00. The van der Waals surface area contributed by atoms with Gasteiger partial charge in [0.2, 0.25) is 0 Å². The molecule has 0 aromatic heterocycles. The third kappa shape index (κ3) is 7.07. The summed E-state index contributed by atoms with van der Waals surface area (Å²) in [5.41, 5.74) is 0. The molecule has 62 valence electrons. The van der Waals surface area contributed by atoms with Crippen LogP contribution in [0.2, 0.25) is 0 Å². The zero-order valence-electron chi connectivity index (χ0n) is 7.38. The molecule has 0 fully saturated rings. The Labute approximate surface area is 69.5 Å². The number of hydrogen-bond donors (Lipinski definition) is 1. The van der Waals surface area contributed by atoms with Gasteiger partial charge in [0.15, 0.2) is 0 Å². The van der Waals surface area contributed by atoms with Gasteiger partial charge in [0.05, 0.1) is 0 Å². The van der Waals surface area contributed by atoms with E-state index in [2.05, 4.69) is 31.8 Å². The maximum absolute atomic E-state index is 3.58. The van der Waals surface area contributed by atoms with E-state index in [1.807, 2.05) is 18.2 Å². The van der Waals surface area contributed by atoms with E-state index in [4.69, 9.17) is 0 Å². The molecule has 1 heteroatoms. The summed E-state index contributed by atoms with van der Waals surface area (Å²) in [6, 6.07) is 0.453. The van der Waals surface area contributed by atoms with E-state index in [1.165, 1.54) is 0 Å². The molecule has 0 amide bonds. The lowest BCUT2D eigenvalue weighted by Crippen LogP contribution is -2.22. The van der Waals surface area contributed by atoms with Gasteiger partial charge in [-0.2, -0.15) is 0 Å². The Morgan fingerprint density at radius 3 is 2.64 bits per heavy atom. The first-order valence-electron chi connectivity index (χ1n) is 4.00. The van der Waals surface area contributed by atoms with Crippen molar-refractivity contribution in [3.05, 3.63) is 37.0 Å². The maximum Gasteiger partial charge on any atom is 0.0224 e. The Morgan fingerprint density at radius 2 is 2.09 bits per heavy atom. The molecule has 11 heavy (non-hydrogen) atoms. The molecule has 0 aliphatic heterocycles. The number of hydrogen-bond acceptors (Lipinski definition) is 1. The summed E-state index contributed by atoms with van der Waals surface area (Å²) in [5.74, 6) is 0. The third-order valence-corrected chi connectivity index (χ3v) is 1.28. The fraction of sp³-hybridized carbons (Fsp3) is 0.400. The third-order valence-electron chi connectivity index (χ3n) is 1.28. The fourth-order valence-electron chi connectivity index (χ4n) is 0.764. The summed E-state index contributed by atoms with van der Waals surface area (Å²) >= 11 is 0. The van der Waals surface area contributed by atoms with E-state index >= 15 is 0 Å². The highest BCUT2D eigenvalue weighted by Crippen LogP contribution is 1.85. The largest absolute Gasteiger partial charge is 0.311 e. The molecule has 0 rings (SSSR count). The highest BCUT2D eigenvalue weighted by molar-refractivity contribution is 5.10. The predicted octanol–water partition coefficient (Wildman–Crippen LogP) is 2.28. The molecule has 0 aliphatic rings. The Kier molecular flexibility index (Phi) is 6.75. The van der Waals surface area contributed by atoms with E-state index in [1.54, 1.807) is 6.08 Å². The van der Waals surface area contributed by atoms with Crippen molar-refractivity contribution >= 4 is 0 Å². The standard InChI is InChI=1S/C10H17N/c1-4-6-7-8-9-10(3)11-5-2/h4,6-11H,1,5H2,2-3H3/b7-6-,9-8?. The minimum Gasteiger partial charge on any atom is -0.311 e. The Balaban J connectivity index is 3.54.